The van der Waals surface area contributed by atoms with Gasteiger partial charge >= 0.3 is 6.09 Å². The van der Waals surface area contributed by atoms with E-state index in [1.165, 1.54) is 6.07 Å². The van der Waals surface area contributed by atoms with Crippen LogP contribution in [-0.2, 0) is 4.74 Å². The lowest BCUT2D eigenvalue weighted by Gasteiger charge is -2.45. The van der Waals surface area contributed by atoms with Crippen molar-refractivity contribution >= 4 is 11.7 Å². The van der Waals surface area contributed by atoms with Crippen LogP contribution in [0.3, 0.4) is 0 Å². The van der Waals surface area contributed by atoms with Crippen LogP contribution >= 0.6 is 0 Å². The van der Waals surface area contributed by atoms with Crippen molar-refractivity contribution in [3.8, 4) is 0 Å². The standard InChI is InChI=1S/C19H23F2NO2/c1-19(2,3)24-18(23)22-14-5-4-6-15(22)10-12(9-14)16-11-13(20)7-8-17(16)21/h7-9,11,14-15H,4-6,10H2,1-3H3. The molecule has 2 atom stereocenters. The zero-order chi connectivity index (χ0) is 17.5. The Bertz CT molecular complexity index is 678. The van der Waals surface area contributed by atoms with Gasteiger partial charge in [0.15, 0.2) is 0 Å². The van der Waals surface area contributed by atoms with E-state index < -0.39 is 17.2 Å². The molecule has 0 aliphatic carbocycles. The number of amides is 1. The highest BCUT2D eigenvalue weighted by atomic mass is 19.1. The number of fused-ring (bicyclic) bond motifs is 2. The van der Waals surface area contributed by atoms with Gasteiger partial charge in [0.2, 0.25) is 0 Å². The van der Waals surface area contributed by atoms with Gasteiger partial charge in [-0.3, -0.25) is 4.90 Å². The van der Waals surface area contributed by atoms with Crippen molar-refractivity contribution in [2.24, 2.45) is 0 Å². The van der Waals surface area contributed by atoms with E-state index in [1.807, 2.05) is 26.8 Å². The number of piperidine rings is 1. The number of carbonyl (C=O) groups is 1. The Labute approximate surface area is 141 Å². The molecule has 2 unspecified atom stereocenters. The Morgan fingerprint density at radius 3 is 2.67 bits per heavy atom. The summed E-state index contributed by atoms with van der Waals surface area (Å²) in [6, 6.07) is 3.36. The molecule has 1 saturated heterocycles. The second kappa shape index (κ2) is 6.19. The molecular weight excluding hydrogens is 312 g/mol. The number of hydrogen-bond donors (Lipinski definition) is 0. The Hall–Kier alpha value is -1.91. The number of benzene rings is 1. The number of halogens is 2. The molecular formula is C19H23F2NO2. The minimum atomic E-state index is -0.552. The second-order valence-corrected chi connectivity index (χ2v) is 7.56. The second-order valence-electron chi connectivity index (χ2n) is 7.56. The molecule has 0 aromatic heterocycles. The third-order valence-corrected chi connectivity index (χ3v) is 4.52. The fraction of sp³-hybridized carbons (Fsp3) is 0.526. The van der Waals surface area contributed by atoms with Gasteiger partial charge < -0.3 is 4.74 Å². The van der Waals surface area contributed by atoms with Gasteiger partial charge in [-0.25, -0.2) is 13.6 Å². The number of hydrogen-bond acceptors (Lipinski definition) is 2. The third kappa shape index (κ3) is 3.45. The van der Waals surface area contributed by atoms with Gasteiger partial charge in [-0.05, 0) is 70.2 Å². The Kier molecular flexibility index (Phi) is 4.37. The first-order chi connectivity index (χ1) is 11.2. The predicted octanol–water partition coefficient (Wildman–Crippen LogP) is 4.91. The molecule has 2 bridgehead atoms. The largest absolute Gasteiger partial charge is 0.444 e. The Morgan fingerprint density at radius 1 is 1.25 bits per heavy atom. The van der Waals surface area contributed by atoms with E-state index in [4.69, 9.17) is 4.74 Å². The van der Waals surface area contributed by atoms with Crippen LogP contribution in [0, 0.1) is 11.6 Å². The number of rotatable bonds is 1. The normalized spacial score (nSPS) is 23.7. The molecule has 5 heteroatoms. The van der Waals surface area contributed by atoms with Crippen LogP contribution < -0.4 is 0 Å². The maximum absolute atomic E-state index is 14.1. The Balaban J connectivity index is 1.90. The van der Waals surface area contributed by atoms with Crippen molar-refractivity contribution in [3.63, 3.8) is 0 Å². The van der Waals surface area contributed by atoms with E-state index in [0.717, 1.165) is 37.0 Å². The summed E-state index contributed by atoms with van der Waals surface area (Å²) in [4.78, 5) is 14.3. The summed E-state index contributed by atoms with van der Waals surface area (Å²) in [5, 5.41) is 0. The highest BCUT2D eigenvalue weighted by Gasteiger charge is 2.39. The molecule has 0 spiro atoms. The van der Waals surface area contributed by atoms with Gasteiger partial charge in [0.25, 0.3) is 0 Å². The van der Waals surface area contributed by atoms with E-state index >= 15 is 0 Å². The highest BCUT2D eigenvalue weighted by molar-refractivity contribution is 5.75. The van der Waals surface area contributed by atoms with Crippen molar-refractivity contribution < 1.29 is 18.3 Å². The third-order valence-electron chi connectivity index (χ3n) is 4.52. The van der Waals surface area contributed by atoms with Crippen LogP contribution in [0.1, 0.15) is 52.0 Å². The van der Waals surface area contributed by atoms with Crippen LogP contribution in [-0.4, -0.2) is 28.7 Å². The summed E-state index contributed by atoms with van der Waals surface area (Å²) in [6.07, 6.45) is 4.78. The van der Waals surface area contributed by atoms with Crippen LogP contribution in [0.4, 0.5) is 13.6 Å². The lowest BCUT2D eigenvalue weighted by molar-refractivity contribution is 0.0000750. The molecule has 0 N–H and O–H groups in total. The van der Waals surface area contributed by atoms with Crippen molar-refractivity contribution in [3.05, 3.63) is 41.5 Å². The lowest BCUT2D eigenvalue weighted by atomic mass is 9.83. The molecule has 3 nitrogen and oxygen atoms in total. The average molecular weight is 335 g/mol. The van der Waals surface area contributed by atoms with Crippen LogP contribution in [0.25, 0.3) is 5.57 Å². The van der Waals surface area contributed by atoms with Gasteiger partial charge in [0, 0.05) is 11.6 Å². The first kappa shape index (κ1) is 16.9. The molecule has 24 heavy (non-hydrogen) atoms. The predicted molar refractivity (Wildman–Crippen MR) is 88.5 cm³/mol. The van der Waals surface area contributed by atoms with Gasteiger partial charge in [0.05, 0.1) is 6.04 Å². The zero-order valence-corrected chi connectivity index (χ0v) is 14.3. The van der Waals surface area contributed by atoms with E-state index in [2.05, 4.69) is 0 Å². The van der Waals surface area contributed by atoms with E-state index in [-0.39, 0.29) is 18.2 Å². The monoisotopic (exact) mass is 335 g/mol. The van der Waals surface area contributed by atoms with Gasteiger partial charge in [-0.1, -0.05) is 6.08 Å². The molecule has 1 aromatic rings. The zero-order valence-electron chi connectivity index (χ0n) is 14.3. The van der Waals surface area contributed by atoms with Crippen molar-refractivity contribution in [1.29, 1.82) is 0 Å². The quantitative estimate of drug-likeness (QED) is 0.730. The molecule has 0 radical (unpaired) electrons. The lowest BCUT2D eigenvalue weighted by Crippen LogP contribution is -2.53. The van der Waals surface area contributed by atoms with Crippen LogP contribution in [0.2, 0.25) is 0 Å². The SMILES string of the molecule is CC(C)(C)OC(=O)N1C2C=C(c3cc(F)ccc3F)CC1CCC2. The van der Waals surface area contributed by atoms with Crippen LogP contribution in [0.15, 0.2) is 24.3 Å². The van der Waals surface area contributed by atoms with Crippen LogP contribution in [0.5, 0.6) is 0 Å². The van der Waals surface area contributed by atoms with Crippen molar-refractivity contribution in [1.82, 2.24) is 4.90 Å². The molecule has 2 aliphatic rings. The fourth-order valence-electron chi connectivity index (χ4n) is 3.57. The molecule has 2 aliphatic heterocycles. The van der Waals surface area contributed by atoms with E-state index in [0.29, 0.717) is 12.0 Å². The van der Waals surface area contributed by atoms with Gasteiger partial charge in [0.1, 0.15) is 17.2 Å². The smallest absolute Gasteiger partial charge is 0.411 e. The number of carbonyl (C=O) groups excluding carboxylic acids is 1. The molecule has 1 fully saturated rings. The molecule has 130 valence electrons. The summed E-state index contributed by atoms with van der Waals surface area (Å²) in [5.74, 6) is -0.876. The number of ether oxygens (including phenoxy) is 1. The van der Waals surface area contributed by atoms with Gasteiger partial charge in [-0.15, -0.1) is 0 Å². The van der Waals surface area contributed by atoms with Crippen molar-refractivity contribution in [2.45, 2.75) is 64.1 Å². The topological polar surface area (TPSA) is 29.5 Å². The van der Waals surface area contributed by atoms with E-state index in [1.54, 1.807) is 4.90 Å². The Morgan fingerprint density at radius 2 is 2.00 bits per heavy atom. The summed E-state index contributed by atoms with van der Waals surface area (Å²) in [7, 11) is 0. The summed E-state index contributed by atoms with van der Waals surface area (Å²) >= 11 is 0. The maximum atomic E-state index is 14.1. The first-order valence-corrected chi connectivity index (χ1v) is 8.42. The molecule has 1 aromatic carbocycles. The summed E-state index contributed by atoms with van der Waals surface area (Å²) in [6.45, 7) is 5.52. The van der Waals surface area contributed by atoms with E-state index in [9.17, 15) is 13.6 Å². The molecule has 0 saturated carbocycles. The first-order valence-electron chi connectivity index (χ1n) is 8.42. The molecule has 3 rings (SSSR count). The molecule has 2 heterocycles. The summed E-state index contributed by atoms with van der Waals surface area (Å²) < 4.78 is 33.1. The molecule has 1 amide bonds. The number of nitrogens with zero attached hydrogens (tertiary/aromatic N) is 1. The fourth-order valence-corrected chi connectivity index (χ4v) is 3.57. The maximum Gasteiger partial charge on any atom is 0.411 e. The minimum Gasteiger partial charge on any atom is -0.444 e. The summed E-state index contributed by atoms with van der Waals surface area (Å²) in [5.41, 5.74) is 0.529. The average Bonchev–Trinajstić information content (AvgIpc) is 2.46. The minimum absolute atomic E-state index is 0.0266. The van der Waals surface area contributed by atoms with Gasteiger partial charge in [-0.2, -0.15) is 0 Å². The van der Waals surface area contributed by atoms with Crippen molar-refractivity contribution in [2.75, 3.05) is 0 Å². The highest BCUT2D eigenvalue weighted by Crippen LogP contribution is 2.38.